The first kappa shape index (κ1) is 114. The van der Waals surface area contributed by atoms with E-state index in [0.717, 1.165) is 13.8 Å². The number of rotatable bonds is 36. The molecule has 0 bridgehead atoms. The minimum absolute atomic E-state index is 0.843. The normalized spacial score (nSPS) is 51.9. The fourth-order valence-electron chi connectivity index (χ4n) is 17.8. The lowest BCUT2D eigenvalue weighted by Crippen LogP contribution is -2.70. The number of aliphatic hydroxyl groups excluding tert-OH is 36. The second-order valence-electron chi connectivity index (χ2n) is 35.2. The van der Waals surface area contributed by atoms with Gasteiger partial charge in [0.05, 0.1) is 79.3 Å². The third-order valence-electron chi connectivity index (χ3n) is 25.9. The van der Waals surface area contributed by atoms with Crippen LogP contribution in [0.2, 0.25) is 0 Å². The Hall–Kier alpha value is -3.42. The highest BCUT2D eigenvalue weighted by atomic mass is 16.8. The van der Waals surface area contributed by atoms with Crippen molar-refractivity contribution in [3.05, 3.63) is 0 Å². The van der Waals surface area contributed by atoms with E-state index in [2.05, 4.69) is 10.6 Å². The van der Waals surface area contributed by atoms with Gasteiger partial charge < -0.3 is 303 Å². The highest BCUT2D eigenvalue weighted by Gasteiger charge is 2.63. The maximum atomic E-state index is 13.2. The van der Waals surface area contributed by atoms with E-state index in [9.17, 15) is 193 Å². The van der Waals surface area contributed by atoms with E-state index in [1.54, 1.807) is 0 Å². The van der Waals surface area contributed by atoms with Crippen LogP contribution in [-0.2, 0) is 119 Å². The van der Waals surface area contributed by atoms with E-state index in [-0.39, 0.29) is 0 Å². The van der Waals surface area contributed by atoms with Crippen molar-refractivity contribution in [3.8, 4) is 0 Å². The van der Waals surface area contributed by atoms with E-state index in [1.807, 2.05) is 0 Å². The van der Waals surface area contributed by atoms with Gasteiger partial charge in [0.2, 0.25) is 11.8 Å². The highest BCUT2D eigenvalue weighted by molar-refractivity contribution is 5.73. The standard InChI is InChI=1S/C76H128N2O61/c1-15(88)77-29-41(100)57(24(10-86)120-65(29)116)132-66-30(78-16(2)89)42(101)58(25(11-87)128-66)133-72-56(115)60(135-76-64(50(109)38(97)26(131-76)12-117-67-51(110)43(102)31(90)17(3-79)121-67)139-75-63(49(108)37(96)23(9-85)127-75)137-71-54(113)46(105)34(93)20(6-82)124-71)40(99)28(130-72)13-118-68-55(114)59(134-69-52(111)44(103)32(91)18(4-80)122-69)39(98)27(129-68)14-119-73-61(47(106)35(94)21(7-83)125-73)138-74-62(48(107)36(95)22(8-84)126-74)136-70-53(112)45(104)33(92)19(5-81)123-70/h17-76,79-87,90-116H,3-14H2,1-2H3,(H,77,88)(H,78,89)/t17-,18-,19-,20-,21-,22-,23-,24-,25-,26-,27-,28-,29-,30-,31-,32-,33-,34-,35-,36-,37-,38-,39-,40-,41-,42-,43+,44+,45+,46+,47+,48+,49+,50+,51+,52+,53+,54+,55+,56+,57-,58-,59+,60+,61+,62+,63+,64+,65?,66+,67+,68+,69-,70-,71-,72+,73+,74-,75-,76-/m1/s1. The van der Waals surface area contributed by atoms with Crippen LogP contribution in [0.5, 0.6) is 0 Å². The molecular weight excluding hydrogens is 1920 g/mol. The van der Waals surface area contributed by atoms with Crippen LogP contribution < -0.4 is 10.6 Å². The first-order chi connectivity index (χ1) is 65.8. The minimum atomic E-state index is -2.79. The maximum absolute atomic E-state index is 13.2. The van der Waals surface area contributed by atoms with Gasteiger partial charge in [0.1, 0.15) is 293 Å². The Bertz CT molecular complexity index is 3730. The Kier molecular flexibility index (Phi) is 41.0. The maximum Gasteiger partial charge on any atom is 0.217 e. The summed E-state index contributed by atoms with van der Waals surface area (Å²) in [4.78, 5) is 25.5. The van der Waals surface area contributed by atoms with Crippen molar-refractivity contribution in [1.82, 2.24) is 10.6 Å². The molecule has 0 aliphatic carbocycles. The van der Waals surface area contributed by atoms with Gasteiger partial charge >= 0.3 is 0 Å². The summed E-state index contributed by atoms with van der Waals surface area (Å²) in [6, 6.07) is -3.78. The van der Waals surface area contributed by atoms with Gasteiger partial charge in [-0.1, -0.05) is 0 Å². The summed E-state index contributed by atoms with van der Waals surface area (Å²) in [5.74, 6) is -1.87. The molecule has 60 atom stereocenters. The molecule has 0 aromatic heterocycles. The molecule has 0 saturated carbocycles. The van der Waals surface area contributed by atoms with E-state index in [1.165, 1.54) is 0 Å². The zero-order chi connectivity index (χ0) is 102. The summed E-state index contributed by atoms with van der Waals surface area (Å²) in [5, 5.41) is 408. The number of carbonyl (C=O) groups is 2. The second-order valence-corrected chi connectivity index (χ2v) is 35.2. The Morgan fingerprint density at radius 3 is 0.763 bits per heavy atom. The van der Waals surface area contributed by atoms with Gasteiger partial charge in [-0.05, 0) is 0 Å². The highest BCUT2D eigenvalue weighted by Crippen LogP contribution is 2.42. The first-order valence-electron chi connectivity index (χ1n) is 44.2. The molecule has 12 heterocycles. The first-order valence-corrected chi connectivity index (χ1v) is 44.2. The van der Waals surface area contributed by atoms with Crippen molar-refractivity contribution in [2.75, 3.05) is 79.3 Å². The molecule has 139 heavy (non-hydrogen) atoms. The molecule has 12 fully saturated rings. The van der Waals surface area contributed by atoms with Crippen molar-refractivity contribution in [2.24, 2.45) is 0 Å². The van der Waals surface area contributed by atoms with Crippen LogP contribution in [-0.4, -0.2) is 643 Å². The van der Waals surface area contributed by atoms with Crippen LogP contribution in [0.4, 0.5) is 0 Å². The van der Waals surface area contributed by atoms with Gasteiger partial charge in [-0.2, -0.15) is 0 Å². The average molecular weight is 2050 g/mol. The van der Waals surface area contributed by atoms with Gasteiger partial charge in [0.25, 0.3) is 0 Å². The van der Waals surface area contributed by atoms with Crippen molar-refractivity contribution < 1.29 is 302 Å². The van der Waals surface area contributed by atoms with Crippen LogP contribution in [0.3, 0.4) is 0 Å². The van der Waals surface area contributed by atoms with Crippen molar-refractivity contribution >= 4 is 11.8 Å². The van der Waals surface area contributed by atoms with Gasteiger partial charge in [-0.15, -0.1) is 0 Å². The number of aliphatic hydroxyl groups is 36. The smallest absolute Gasteiger partial charge is 0.217 e. The fraction of sp³-hybridized carbons (Fsp3) is 0.974. The molecule has 12 aliphatic rings. The molecule has 1 unspecified atom stereocenters. The molecule has 0 radical (unpaired) electrons. The van der Waals surface area contributed by atoms with Crippen LogP contribution >= 0.6 is 0 Å². The summed E-state index contributed by atoms with van der Waals surface area (Å²) in [6.07, 6.45) is -130. The molecule has 808 valence electrons. The van der Waals surface area contributed by atoms with Gasteiger partial charge in [-0.25, -0.2) is 0 Å². The molecule has 38 N–H and O–H groups in total. The second kappa shape index (κ2) is 49.8. The molecule has 2 amide bonds. The Morgan fingerprint density at radius 1 is 0.187 bits per heavy atom. The van der Waals surface area contributed by atoms with E-state index >= 15 is 0 Å². The number of hydrogen-bond acceptors (Lipinski definition) is 61. The van der Waals surface area contributed by atoms with Gasteiger partial charge in [0, 0.05) is 13.8 Å². The monoisotopic (exact) mass is 2040 g/mol. The molecule has 12 rings (SSSR count). The molecule has 63 heteroatoms. The zero-order valence-corrected chi connectivity index (χ0v) is 73.4. The van der Waals surface area contributed by atoms with Crippen LogP contribution in [0, 0.1) is 0 Å². The summed E-state index contributed by atoms with van der Waals surface area (Å²) in [6.45, 7) is -12.2. The molecular formula is C76H128N2O61. The Labute approximate surface area is 784 Å². The number of hydrogen-bond donors (Lipinski definition) is 38. The summed E-state index contributed by atoms with van der Waals surface area (Å²) in [5.41, 5.74) is 0. The summed E-state index contributed by atoms with van der Waals surface area (Å²) >= 11 is 0. The molecule has 12 aliphatic heterocycles. The van der Waals surface area contributed by atoms with Gasteiger partial charge in [0.15, 0.2) is 75.5 Å². The van der Waals surface area contributed by atoms with E-state index < -0.39 is 459 Å². The number of ether oxygens (including phenoxy) is 23. The molecule has 0 aromatic rings. The molecule has 0 spiro atoms. The van der Waals surface area contributed by atoms with Crippen LogP contribution in [0.25, 0.3) is 0 Å². The van der Waals surface area contributed by atoms with Crippen LogP contribution in [0.15, 0.2) is 0 Å². The molecule has 63 nitrogen and oxygen atoms in total. The third kappa shape index (κ3) is 24.7. The number of nitrogens with one attached hydrogen (secondary N) is 2. The van der Waals surface area contributed by atoms with Crippen molar-refractivity contribution in [3.63, 3.8) is 0 Å². The Morgan fingerprint density at radius 2 is 0.396 bits per heavy atom. The number of amides is 2. The average Bonchev–Trinajstić information content (AvgIpc) is 0.758. The minimum Gasteiger partial charge on any atom is -0.394 e. The molecule has 0 aromatic carbocycles. The fourth-order valence-corrected chi connectivity index (χ4v) is 17.8. The lowest BCUT2D eigenvalue weighted by atomic mass is 9.94. The summed E-state index contributed by atoms with van der Waals surface area (Å²) in [7, 11) is 0. The van der Waals surface area contributed by atoms with Crippen LogP contribution in [0.1, 0.15) is 13.8 Å². The summed E-state index contributed by atoms with van der Waals surface area (Å²) < 4.78 is 136. The topological polar surface area (TPSA) is 999 Å². The SMILES string of the molecule is CC(=O)N[C@H]1[C@H](O[C@H]2[C@H](O)[C@@H](NC(C)=O)C(O)O[C@@H]2CO)O[C@H](CO)[C@@H](O[C@@H]2O[C@H](CO[C@H]3O[C@H](CO[C@H]4O[C@H](CO)[C@@H](O)[C@H](O)[C@@H]4O[C@H]4O[C@H](CO)[C@@H](O)[C@H](O)[C@@H]4O[C@H]4O[C@H](CO)[C@@H](O)[C@H](O)[C@@H]4O)[C@@H](O)[C@H](O[C@H]4O[C@H](CO)[C@@H](O)[C@H](O)[C@@H]4O)[C@@H]3O)[C@@H](O)[C@H](O[C@H]3O[C@H](CO[C@H]4O[C@H](CO)[C@@H](O)[C@H](O)[C@@H]4O)[C@@H](O)[C@H](O)[C@@H]3O[C@H]3O[C@H](CO)[C@@H](O)[C@H](O)[C@@H]3O[C@H]3O[C@H](CO)[C@@H](O)[C@H](O)[C@@H]3O)[C@@H]2O)[C@@H]1O. The lowest BCUT2D eigenvalue weighted by molar-refractivity contribution is -0.410. The largest absolute Gasteiger partial charge is 0.394 e. The van der Waals surface area contributed by atoms with Crippen molar-refractivity contribution in [1.29, 1.82) is 0 Å². The lowest BCUT2D eigenvalue weighted by Gasteiger charge is -2.51. The predicted octanol–water partition coefficient (Wildman–Crippen LogP) is -26.9. The quantitative estimate of drug-likeness (QED) is 0.0277. The predicted molar refractivity (Wildman–Crippen MR) is 418 cm³/mol. The van der Waals surface area contributed by atoms with Gasteiger partial charge in [-0.3, -0.25) is 9.59 Å². The van der Waals surface area contributed by atoms with Crippen molar-refractivity contribution in [2.45, 2.75) is 382 Å². The zero-order valence-electron chi connectivity index (χ0n) is 73.4. The van der Waals surface area contributed by atoms with E-state index in [0.29, 0.717) is 0 Å². The third-order valence-corrected chi connectivity index (χ3v) is 25.9. The van der Waals surface area contributed by atoms with E-state index in [4.69, 9.17) is 109 Å². The molecule has 12 saturated heterocycles. The number of carbonyl (C=O) groups excluding carboxylic acids is 2. The Balaban J connectivity index is 0.911.